The molecule has 0 aliphatic heterocycles. The van der Waals surface area contributed by atoms with Gasteiger partial charge in [0.05, 0.1) is 19.8 Å². The molecular formula is C15H31O5P. The van der Waals surface area contributed by atoms with E-state index >= 15 is 0 Å². The molecule has 0 amide bonds. The van der Waals surface area contributed by atoms with Gasteiger partial charge in [-0.15, -0.1) is 0 Å². The maximum atomic E-state index is 12.5. The van der Waals surface area contributed by atoms with Crippen LogP contribution in [0.5, 0.6) is 0 Å². The van der Waals surface area contributed by atoms with E-state index < -0.39 is 13.6 Å². The van der Waals surface area contributed by atoms with Crippen LogP contribution in [0.15, 0.2) is 0 Å². The van der Waals surface area contributed by atoms with Crippen LogP contribution < -0.4 is 0 Å². The topological polar surface area (TPSA) is 61.8 Å². The predicted octanol–water partition coefficient (Wildman–Crippen LogP) is 4.55. The van der Waals surface area contributed by atoms with Crippen molar-refractivity contribution in [2.45, 2.75) is 65.7 Å². The first-order valence-corrected chi connectivity index (χ1v) is 9.84. The predicted molar refractivity (Wildman–Crippen MR) is 84.7 cm³/mol. The lowest BCUT2D eigenvalue weighted by atomic mass is 10.3. The van der Waals surface area contributed by atoms with Crippen molar-refractivity contribution in [3.63, 3.8) is 0 Å². The summed E-state index contributed by atoms with van der Waals surface area (Å²) < 4.78 is 28.3. The lowest BCUT2D eigenvalue weighted by Gasteiger charge is -2.17. The maximum absolute atomic E-state index is 12.5. The molecule has 0 unspecified atom stereocenters. The summed E-state index contributed by atoms with van der Waals surface area (Å²) in [4.78, 5) is 11.7. The van der Waals surface area contributed by atoms with Gasteiger partial charge in [0.25, 0.3) is 0 Å². The van der Waals surface area contributed by atoms with E-state index in [1.807, 2.05) is 13.8 Å². The molecule has 0 radical (unpaired) electrons. The molecule has 0 atom stereocenters. The lowest BCUT2D eigenvalue weighted by Crippen LogP contribution is -2.14. The Morgan fingerprint density at radius 3 is 1.81 bits per heavy atom. The van der Waals surface area contributed by atoms with E-state index in [4.69, 9.17) is 13.8 Å². The first kappa shape index (κ1) is 20.6. The Morgan fingerprint density at radius 1 is 0.810 bits per heavy atom. The molecule has 126 valence electrons. The van der Waals surface area contributed by atoms with Crippen molar-refractivity contribution in [1.82, 2.24) is 0 Å². The third-order valence-corrected chi connectivity index (χ3v) is 4.70. The zero-order chi connectivity index (χ0) is 16.0. The van der Waals surface area contributed by atoms with E-state index in [9.17, 15) is 9.36 Å². The quantitative estimate of drug-likeness (QED) is 0.267. The molecule has 0 rings (SSSR count). The van der Waals surface area contributed by atoms with Gasteiger partial charge in [-0.25, -0.2) is 0 Å². The van der Waals surface area contributed by atoms with Gasteiger partial charge in [-0.05, 0) is 19.3 Å². The van der Waals surface area contributed by atoms with Crippen molar-refractivity contribution < 1.29 is 23.1 Å². The molecule has 6 heteroatoms. The molecule has 0 aliphatic rings. The SMILES string of the molecule is CCCCCOC(=O)CP(=O)(OCCCC)OCCCC. The van der Waals surface area contributed by atoms with Gasteiger partial charge < -0.3 is 13.8 Å². The summed E-state index contributed by atoms with van der Waals surface area (Å²) in [6.07, 6.45) is 6.11. The Bertz CT molecular complexity index is 292. The maximum Gasteiger partial charge on any atom is 0.341 e. The molecule has 0 bridgehead atoms. The van der Waals surface area contributed by atoms with Crippen LogP contribution in [0, 0.1) is 0 Å². The smallest absolute Gasteiger partial charge is 0.341 e. The minimum atomic E-state index is -3.37. The molecule has 0 aromatic rings. The van der Waals surface area contributed by atoms with Gasteiger partial charge in [0, 0.05) is 0 Å². The van der Waals surface area contributed by atoms with Gasteiger partial charge in [0.2, 0.25) is 0 Å². The second-order valence-electron chi connectivity index (χ2n) is 5.07. The lowest BCUT2D eigenvalue weighted by molar-refractivity contribution is -0.141. The fourth-order valence-electron chi connectivity index (χ4n) is 1.57. The minimum Gasteiger partial charge on any atom is -0.465 e. The highest BCUT2D eigenvalue weighted by Gasteiger charge is 2.29. The normalized spacial score (nSPS) is 11.6. The fourth-order valence-corrected chi connectivity index (χ4v) is 3.05. The van der Waals surface area contributed by atoms with Crippen LogP contribution in [0.25, 0.3) is 0 Å². The van der Waals surface area contributed by atoms with E-state index in [0.717, 1.165) is 44.9 Å². The minimum absolute atomic E-state index is 0.285. The van der Waals surface area contributed by atoms with Crippen LogP contribution in [-0.2, 0) is 23.1 Å². The monoisotopic (exact) mass is 322 g/mol. The van der Waals surface area contributed by atoms with Crippen molar-refractivity contribution in [1.29, 1.82) is 0 Å². The van der Waals surface area contributed by atoms with E-state index in [2.05, 4.69) is 6.92 Å². The summed E-state index contributed by atoms with van der Waals surface area (Å²) in [5, 5.41) is 0. The van der Waals surface area contributed by atoms with Crippen LogP contribution in [-0.4, -0.2) is 32.0 Å². The van der Waals surface area contributed by atoms with Crippen molar-refractivity contribution in [3.05, 3.63) is 0 Å². The first-order valence-electron chi connectivity index (χ1n) is 8.11. The molecule has 0 aromatic heterocycles. The van der Waals surface area contributed by atoms with Crippen molar-refractivity contribution in [2.24, 2.45) is 0 Å². The Labute approximate surface area is 129 Å². The molecule has 21 heavy (non-hydrogen) atoms. The summed E-state index contributed by atoms with van der Waals surface area (Å²) in [6, 6.07) is 0. The second-order valence-corrected chi connectivity index (χ2v) is 7.12. The van der Waals surface area contributed by atoms with Crippen LogP contribution >= 0.6 is 7.60 Å². The van der Waals surface area contributed by atoms with Crippen LogP contribution in [0.1, 0.15) is 65.7 Å². The highest BCUT2D eigenvalue weighted by atomic mass is 31.2. The molecule has 0 aromatic carbocycles. The second kappa shape index (κ2) is 13.3. The molecule has 0 saturated carbocycles. The van der Waals surface area contributed by atoms with Crippen LogP contribution in [0.2, 0.25) is 0 Å². The molecule has 5 nitrogen and oxygen atoms in total. The van der Waals surface area contributed by atoms with Gasteiger partial charge in [-0.1, -0.05) is 46.5 Å². The van der Waals surface area contributed by atoms with Crippen molar-refractivity contribution in [2.75, 3.05) is 26.0 Å². The van der Waals surface area contributed by atoms with Gasteiger partial charge in [0.15, 0.2) is 0 Å². The van der Waals surface area contributed by atoms with Crippen molar-refractivity contribution >= 4 is 13.6 Å². The van der Waals surface area contributed by atoms with Crippen molar-refractivity contribution in [3.8, 4) is 0 Å². The standard InChI is InChI=1S/C15H31O5P/c1-4-7-10-11-18-15(16)14-21(17,19-12-8-5-2)20-13-9-6-3/h4-14H2,1-3H3. The van der Waals surface area contributed by atoms with Gasteiger partial charge >= 0.3 is 13.6 Å². The zero-order valence-corrected chi connectivity index (χ0v) is 14.7. The third-order valence-electron chi connectivity index (χ3n) is 2.91. The summed E-state index contributed by atoms with van der Waals surface area (Å²) in [5.41, 5.74) is 0. The number of rotatable bonds is 14. The van der Waals surface area contributed by atoms with Gasteiger partial charge in [0.1, 0.15) is 6.16 Å². The molecule has 0 N–H and O–H groups in total. The molecule has 0 heterocycles. The Morgan fingerprint density at radius 2 is 1.33 bits per heavy atom. The summed E-state index contributed by atoms with van der Waals surface area (Å²) >= 11 is 0. The average molecular weight is 322 g/mol. The van der Waals surface area contributed by atoms with Gasteiger partial charge in [-0.2, -0.15) is 0 Å². The Balaban J connectivity index is 4.22. The Kier molecular flexibility index (Phi) is 13.1. The van der Waals surface area contributed by atoms with E-state index in [0.29, 0.717) is 19.8 Å². The number of ether oxygens (including phenoxy) is 1. The van der Waals surface area contributed by atoms with Crippen LogP contribution in [0.4, 0.5) is 0 Å². The highest BCUT2D eigenvalue weighted by Crippen LogP contribution is 2.48. The van der Waals surface area contributed by atoms with Gasteiger partial charge in [-0.3, -0.25) is 9.36 Å². The number of carbonyl (C=O) groups excluding carboxylic acids is 1. The fraction of sp³-hybridized carbons (Fsp3) is 0.933. The largest absolute Gasteiger partial charge is 0.465 e. The number of hydrogen-bond donors (Lipinski definition) is 0. The highest BCUT2D eigenvalue weighted by molar-refractivity contribution is 7.54. The first-order chi connectivity index (χ1) is 10.1. The van der Waals surface area contributed by atoms with Crippen LogP contribution in [0.3, 0.4) is 0 Å². The third kappa shape index (κ3) is 11.9. The summed E-state index contributed by atoms with van der Waals surface area (Å²) in [5.74, 6) is -0.498. The summed E-state index contributed by atoms with van der Waals surface area (Å²) in [7, 11) is -3.37. The Hall–Kier alpha value is -0.380. The number of unbranched alkanes of at least 4 members (excludes halogenated alkanes) is 4. The van der Waals surface area contributed by atoms with E-state index in [1.54, 1.807) is 0 Å². The number of esters is 1. The molecule has 0 aliphatic carbocycles. The average Bonchev–Trinajstić information content (AvgIpc) is 2.44. The molecule has 0 saturated heterocycles. The summed E-state index contributed by atoms with van der Waals surface area (Å²) in [6.45, 7) is 7.20. The zero-order valence-electron chi connectivity index (χ0n) is 13.8. The van der Waals surface area contributed by atoms with E-state index in [1.165, 1.54) is 0 Å². The molecule has 0 fully saturated rings. The molecule has 0 spiro atoms. The number of hydrogen-bond acceptors (Lipinski definition) is 5. The number of carbonyl (C=O) groups is 1. The van der Waals surface area contributed by atoms with E-state index in [-0.39, 0.29) is 6.16 Å². The molecular weight excluding hydrogens is 291 g/mol.